The lowest BCUT2D eigenvalue weighted by Gasteiger charge is -1.97. The van der Waals surface area contributed by atoms with Crippen LogP contribution in [0, 0.1) is 13.5 Å². The van der Waals surface area contributed by atoms with Gasteiger partial charge in [-0.2, -0.15) is 0 Å². The molecule has 0 aromatic heterocycles. The number of hydrogen-bond acceptors (Lipinski definition) is 0. The summed E-state index contributed by atoms with van der Waals surface area (Å²) in [7, 11) is 0. The second-order valence-corrected chi connectivity index (χ2v) is 2.81. The number of halogens is 1. The molecule has 1 aromatic carbocycles. The van der Waals surface area contributed by atoms with Crippen LogP contribution >= 0.6 is 15.9 Å². The van der Waals surface area contributed by atoms with Crippen molar-refractivity contribution in [1.29, 1.82) is 0 Å². The van der Waals surface area contributed by atoms with E-state index < -0.39 is 0 Å². The van der Waals surface area contributed by atoms with Crippen molar-refractivity contribution in [2.75, 3.05) is 0 Å². The predicted octanol–water partition coefficient (Wildman–Crippen LogP) is 3.31. The van der Waals surface area contributed by atoms with Gasteiger partial charge in [-0.1, -0.05) is 34.1 Å². The number of rotatable bonds is 0. The van der Waals surface area contributed by atoms with E-state index in [0.717, 1.165) is 10.0 Å². The summed E-state index contributed by atoms with van der Waals surface area (Å²) in [5.74, 6) is 0. The van der Waals surface area contributed by atoms with E-state index >= 15 is 0 Å². The zero-order chi connectivity index (χ0) is 7.56. The van der Waals surface area contributed by atoms with Crippen LogP contribution in [-0.2, 0) is 0 Å². The molecule has 1 rings (SSSR count). The van der Waals surface area contributed by atoms with E-state index in [-0.39, 0.29) is 0 Å². The maximum Gasteiger partial charge on any atom is 0.201 e. The standard InChI is InChI=1S/C8H6BrN/c1-6-4-3-5-7(10-2)8(6)9/h3-5H,1H3. The van der Waals surface area contributed by atoms with E-state index in [1.54, 1.807) is 6.07 Å². The molecule has 0 unspecified atom stereocenters. The van der Waals surface area contributed by atoms with Gasteiger partial charge in [0.2, 0.25) is 5.69 Å². The van der Waals surface area contributed by atoms with Crippen molar-refractivity contribution >= 4 is 21.6 Å². The Labute approximate surface area is 68.6 Å². The Morgan fingerprint density at radius 1 is 1.50 bits per heavy atom. The first-order chi connectivity index (χ1) is 4.75. The van der Waals surface area contributed by atoms with Crippen LogP contribution in [0.15, 0.2) is 22.7 Å². The Morgan fingerprint density at radius 3 is 2.70 bits per heavy atom. The fourth-order valence-corrected chi connectivity index (χ4v) is 1.07. The zero-order valence-electron chi connectivity index (χ0n) is 5.56. The van der Waals surface area contributed by atoms with Gasteiger partial charge in [0.1, 0.15) is 0 Å². The van der Waals surface area contributed by atoms with E-state index in [2.05, 4.69) is 20.8 Å². The van der Waals surface area contributed by atoms with Gasteiger partial charge in [0, 0.05) is 4.47 Å². The van der Waals surface area contributed by atoms with Gasteiger partial charge < -0.3 is 0 Å². The highest BCUT2D eigenvalue weighted by Crippen LogP contribution is 2.27. The average molecular weight is 196 g/mol. The minimum Gasteiger partial charge on any atom is -0.237 e. The first-order valence-electron chi connectivity index (χ1n) is 2.88. The monoisotopic (exact) mass is 195 g/mol. The summed E-state index contributed by atoms with van der Waals surface area (Å²) in [5, 5.41) is 0. The van der Waals surface area contributed by atoms with Crippen LogP contribution in [0.2, 0.25) is 0 Å². The summed E-state index contributed by atoms with van der Waals surface area (Å²) in [6.07, 6.45) is 0. The van der Waals surface area contributed by atoms with Gasteiger partial charge in [-0.3, -0.25) is 0 Å². The van der Waals surface area contributed by atoms with Crippen LogP contribution in [-0.4, -0.2) is 0 Å². The number of benzene rings is 1. The van der Waals surface area contributed by atoms with E-state index in [9.17, 15) is 0 Å². The van der Waals surface area contributed by atoms with Crippen LogP contribution in [0.4, 0.5) is 5.69 Å². The van der Waals surface area contributed by atoms with Crippen molar-refractivity contribution < 1.29 is 0 Å². The second kappa shape index (κ2) is 2.85. The van der Waals surface area contributed by atoms with Crippen molar-refractivity contribution in [3.8, 4) is 0 Å². The summed E-state index contributed by atoms with van der Waals surface area (Å²) < 4.78 is 0.907. The second-order valence-electron chi connectivity index (χ2n) is 2.02. The van der Waals surface area contributed by atoms with Gasteiger partial charge >= 0.3 is 0 Å². The van der Waals surface area contributed by atoms with Gasteiger partial charge in [0.05, 0.1) is 6.57 Å². The molecule has 1 nitrogen and oxygen atoms in total. The third-order valence-corrected chi connectivity index (χ3v) is 2.32. The highest BCUT2D eigenvalue weighted by molar-refractivity contribution is 9.10. The molecular formula is C8H6BrN. The van der Waals surface area contributed by atoms with E-state index in [1.165, 1.54) is 0 Å². The van der Waals surface area contributed by atoms with Crippen LogP contribution in [0.25, 0.3) is 4.85 Å². The minimum atomic E-state index is 0.681. The van der Waals surface area contributed by atoms with Crippen LogP contribution in [0.1, 0.15) is 5.56 Å². The van der Waals surface area contributed by atoms with E-state index in [0.29, 0.717) is 5.69 Å². The summed E-state index contributed by atoms with van der Waals surface area (Å²) >= 11 is 3.33. The first kappa shape index (κ1) is 7.30. The molecule has 0 aliphatic carbocycles. The molecule has 50 valence electrons. The Kier molecular flexibility index (Phi) is 2.08. The molecule has 0 spiro atoms. The van der Waals surface area contributed by atoms with Crippen molar-refractivity contribution in [2.24, 2.45) is 0 Å². The fourth-order valence-electron chi connectivity index (χ4n) is 0.718. The Morgan fingerprint density at radius 2 is 2.20 bits per heavy atom. The zero-order valence-corrected chi connectivity index (χ0v) is 7.14. The number of nitrogens with zero attached hydrogens (tertiary/aromatic N) is 1. The van der Waals surface area contributed by atoms with Crippen molar-refractivity contribution in [2.45, 2.75) is 6.92 Å². The molecule has 0 saturated carbocycles. The number of hydrogen-bond donors (Lipinski definition) is 0. The average Bonchev–Trinajstić information content (AvgIpc) is 1.95. The smallest absolute Gasteiger partial charge is 0.201 e. The number of aryl methyl sites for hydroxylation is 1. The quantitative estimate of drug-likeness (QED) is 0.560. The van der Waals surface area contributed by atoms with Gasteiger partial charge in [0.25, 0.3) is 0 Å². The molecule has 0 aliphatic rings. The Bertz CT molecular complexity index is 286. The Balaban J connectivity index is 3.31. The van der Waals surface area contributed by atoms with Gasteiger partial charge in [-0.25, -0.2) is 4.85 Å². The van der Waals surface area contributed by atoms with E-state index in [1.807, 2.05) is 19.1 Å². The Hall–Kier alpha value is -0.810. The molecular weight excluding hydrogens is 190 g/mol. The molecule has 0 radical (unpaired) electrons. The highest BCUT2D eigenvalue weighted by Gasteiger charge is 1.98. The van der Waals surface area contributed by atoms with Crippen LogP contribution in [0.5, 0.6) is 0 Å². The molecule has 10 heavy (non-hydrogen) atoms. The molecule has 0 N–H and O–H groups in total. The first-order valence-corrected chi connectivity index (χ1v) is 3.67. The molecule has 2 heteroatoms. The van der Waals surface area contributed by atoms with Crippen LogP contribution in [0.3, 0.4) is 0 Å². The van der Waals surface area contributed by atoms with Gasteiger partial charge in [-0.15, -0.1) is 0 Å². The predicted molar refractivity (Wildman–Crippen MR) is 45.1 cm³/mol. The maximum atomic E-state index is 6.78. The van der Waals surface area contributed by atoms with Gasteiger partial charge in [-0.05, 0) is 12.5 Å². The van der Waals surface area contributed by atoms with Crippen molar-refractivity contribution in [3.05, 3.63) is 39.7 Å². The summed E-state index contributed by atoms with van der Waals surface area (Å²) in [4.78, 5) is 3.33. The molecule has 0 fully saturated rings. The lowest BCUT2D eigenvalue weighted by Crippen LogP contribution is -1.72. The molecule has 1 aromatic rings. The van der Waals surface area contributed by atoms with Gasteiger partial charge in [0.15, 0.2) is 0 Å². The lowest BCUT2D eigenvalue weighted by molar-refractivity contribution is 1.44. The van der Waals surface area contributed by atoms with Crippen LogP contribution < -0.4 is 0 Å². The molecule has 0 bridgehead atoms. The van der Waals surface area contributed by atoms with E-state index in [4.69, 9.17) is 6.57 Å². The normalized spacial score (nSPS) is 8.90. The molecule has 0 saturated heterocycles. The minimum absolute atomic E-state index is 0.681. The van der Waals surface area contributed by atoms with Crippen molar-refractivity contribution in [1.82, 2.24) is 0 Å². The molecule has 0 amide bonds. The summed E-state index contributed by atoms with van der Waals surface area (Å²) in [5.41, 5.74) is 1.79. The summed E-state index contributed by atoms with van der Waals surface area (Å²) in [6, 6.07) is 5.65. The molecule has 0 aliphatic heterocycles. The topological polar surface area (TPSA) is 4.36 Å². The third kappa shape index (κ3) is 1.19. The largest absolute Gasteiger partial charge is 0.237 e. The SMILES string of the molecule is [C-]#[N+]c1cccc(C)c1Br. The molecule has 0 atom stereocenters. The summed E-state index contributed by atoms with van der Waals surface area (Å²) in [6.45, 7) is 8.75. The van der Waals surface area contributed by atoms with Crippen molar-refractivity contribution in [3.63, 3.8) is 0 Å². The molecule has 0 heterocycles. The highest BCUT2D eigenvalue weighted by atomic mass is 79.9. The lowest BCUT2D eigenvalue weighted by atomic mass is 10.2. The maximum absolute atomic E-state index is 6.78. The third-order valence-electron chi connectivity index (χ3n) is 1.29. The fraction of sp³-hybridized carbons (Fsp3) is 0.125.